The van der Waals surface area contributed by atoms with E-state index in [0.29, 0.717) is 12.4 Å². The van der Waals surface area contributed by atoms with Crippen molar-refractivity contribution in [2.24, 2.45) is 0 Å². The zero-order valence-corrected chi connectivity index (χ0v) is 4.40. The van der Waals surface area contributed by atoms with Crippen LogP contribution < -0.4 is 0 Å². The Kier molecular flexibility index (Phi) is 3.52. The zero-order chi connectivity index (χ0) is 4.99. The van der Waals surface area contributed by atoms with E-state index in [4.69, 9.17) is 11.6 Å². The van der Waals surface area contributed by atoms with Gasteiger partial charge in [-0.25, -0.2) is 0 Å². The highest BCUT2D eigenvalue weighted by atomic mass is 35.5. The number of hydrogen-bond donors (Lipinski definition) is 0. The largest absolute Gasteiger partial charge is 0.785 e. The van der Waals surface area contributed by atoms with Crippen LogP contribution in [0.2, 0.25) is 0 Å². The van der Waals surface area contributed by atoms with Gasteiger partial charge in [0.2, 0.25) is 0 Å². The summed E-state index contributed by atoms with van der Waals surface area (Å²) in [7, 11) is 1.45. The third kappa shape index (κ3) is 4.21. The van der Waals surface area contributed by atoms with Crippen molar-refractivity contribution in [1.82, 2.24) is 5.06 Å². The summed E-state index contributed by atoms with van der Waals surface area (Å²) >= 11 is 5.15. The molecule has 0 bridgehead atoms. The normalized spacial score (nSPS) is 10.0. The van der Waals surface area contributed by atoms with Crippen molar-refractivity contribution in [2.45, 2.75) is 0 Å². The molecule has 0 aromatic rings. The van der Waals surface area contributed by atoms with E-state index in [0.717, 1.165) is 5.06 Å². The minimum Gasteiger partial charge on any atom is -0.785 e. The predicted octanol–water partition coefficient (Wildman–Crippen LogP) is 0.655. The van der Waals surface area contributed by atoms with Crippen molar-refractivity contribution in [3.05, 3.63) is 5.21 Å². The molecule has 0 heterocycles. The van der Waals surface area contributed by atoms with E-state index >= 15 is 0 Å². The summed E-state index contributed by atoms with van der Waals surface area (Å²) in [5.41, 5.74) is 0. The van der Waals surface area contributed by atoms with Gasteiger partial charge in [-0.05, 0) is 13.6 Å². The molecule has 0 atom stereocenters. The third-order valence-corrected chi connectivity index (χ3v) is 0.568. The molecular weight excluding hydrogens is 101 g/mol. The number of halogens is 1. The number of hydrogen-bond acceptors (Lipinski definition) is 2. The van der Waals surface area contributed by atoms with Gasteiger partial charge in [0, 0.05) is 5.88 Å². The highest BCUT2D eigenvalue weighted by molar-refractivity contribution is 6.18. The molecule has 0 aliphatic heterocycles. The lowest BCUT2D eigenvalue weighted by Crippen LogP contribution is -2.11. The van der Waals surface area contributed by atoms with Crippen molar-refractivity contribution in [3.63, 3.8) is 0 Å². The molecule has 0 saturated carbocycles. The van der Waals surface area contributed by atoms with E-state index in [2.05, 4.69) is 0 Å². The second-order valence-corrected chi connectivity index (χ2v) is 1.42. The Balaban J connectivity index is 2.63. The van der Waals surface area contributed by atoms with Crippen molar-refractivity contribution in [2.75, 3.05) is 19.5 Å². The molecule has 0 rings (SSSR count). The molecule has 0 unspecified atom stereocenters. The van der Waals surface area contributed by atoms with Crippen molar-refractivity contribution in [1.29, 1.82) is 0 Å². The molecule has 2 nitrogen and oxygen atoms in total. The molecule has 6 heavy (non-hydrogen) atoms. The Morgan fingerprint density at radius 1 is 1.83 bits per heavy atom. The summed E-state index contributed by atoms with van der Waals surface area (Å²) in [6.07, 6.45) is 0. The van der Waals surface area contributed by atoms with Gasteiger partial charge in [-0.3, -0.25) is 0 Å². The fraction of sp³-hybridized carbons (Fsp3) is 1.00. The van der Waals surface area contributed by atoms with Crippen LogP contribution in [0.15, 0.2) is 0 Å². The first kappa shape index (κ1) is 6.21. The van der Waals surface area contributed by atoms with E-state index in [1.54, 1.807) is 0 Å². The summed E-state index contributed by atoms with van der Waals surface area (Å²) < 4.78 is 0. The lowest BCUT2D eigenvalue weighted by molar-refractivity contribution is 0.490. The summed E-state index contributed by atoms with van der Waals surface area (Å²) in [5, 5.41) is 10.7. The summed E-state index contributed by atoms with van der Waals surface area (Å²) in [6, 6.07) is 0. The summed E-state index contributed by atoms with van der Waals surface area (Å²) in [6.45, 7) is 0.418. The maximum absolute atomic E-state index is 9.88. The second-order valence-electron chi connectivity index (χ2n) is 1.04. The van der Waals surface area contributed by atoms with E-state index in [1.807, 2.05) is 0 Å². The van der Waals surface area contributed by atoms with Crippen molar-refractivity contribution in [3.8, 4) is 0 Å². The van der Waals surface area contributed by atoms with Crippen LogP contribution in [0.4, 0.5) is 0 Å². The maximum atomic E-state index is 9.88. The molecule has 0 aromatic heterocycles. The van der Waals surface area contributed by atoms with Gasteiger partial charge < -0.3 is 10.3 Å². The molecular formula is C3H7ClNO-. The van der Waals surface area contributed by atoms with Crippen LogP contribution in [0.5, 0.6) is 0 Å². The molecule has 0 amide bonds. The van der Waals surface area contributed by atoms with Gasteiger partial charge in [0.05, 0.1) is 0 Å². The molecule has 0 N–H and O–H groups in total. The first-order chi connectivity index (χ1) is 2.77. The third-order valence-electron chi connectivity index (χ3n) is 0.399. The molecule has 0 saturated heterocycles. The van der Waals surface area contributed by atoms with Crippen molar-refractivity contribution < 1.29 is 0 Å². The fourth-order valence-electron chi connectivity index (χ4n) is 0.119. The topological polar surface area (TPSA) is 26.3 Å². The molecule has 0 aromatic carbocycles. The molecule has 0 fully saturated rings. The Labute approximate surface area is 42.3 Å². The molecule has 0 spiro atoms. The predicted molar refractivity (Wildman–Crippen MR) is 26.7 cm³/mol. The van der Waals surface area contributed by atoms with Crippen LogP contribution in [-0.2, 0) is 0 Å². The minimum atomic E-state index is 0.417. The molecule has 38 valence electrons. The van der Waals surface area contributed by atoms with Crippen LogP contribution >= 0.6 is 11.6 Å². The van der Waals surface area contributed by atoms with E-state index in [9.17, 15) is 5.21 Å². The maximum Gasteiger partial charge on any atom is 0.0341 e. The van der Waals surface area contributed by atoms with Gasteiger partial charge in [0.15, 0.2) is 0 Å². The molecule has 0 radical (unpaired) electrons. The molecule has 0 aliphatic carbocycles. The van der Waals surface area contributed by atoms with E-state index < -0.39 is 0 Å². The quantitative estimate of drug-likeness (QED) is 0.384. The molecule has 3 heteroatoms. The van der Waals surface area contributed by atoms with Gasteiger partial charge in [-0.1, -0.05) is 0 Å². The summed E-state index contributed by atoms with van der Waals surface area (Å²) in [5.74, 6) is 0.417. The average molecular weight is 109 g/mol. The van der Waals surface area contributed by atoms with Gasteiger partial charge >= 0.3 is 0 Å². The molecule has 0 aliphatic rings. The Bertz CT molecular complexity index is 32.0. The van der Waals surface area contributed by atoms with Crippen LogP contribution in [0.1, 0.15) is 0 Å². The Morgan fingerprint density at radius 3 is 2.33 bits per heavy atom. The average Bonchev–Trinajstić information content (AvgIpc) is 1.35. The van der Waals surface area contributed by atoms with Crippen LogP contribution in [0.3, 0.4) is 0 Å². The highest BCUT2D eigenvalue weighted by Crippen LogP contribution is 1.77. The number of alkyl halides is 1. The van der Waals surface area contributed by atoms with Crippen LogP contribution in [0.25, 0.3) is 0 Å². The monoisotopic (exact) mass is 108 g/mol. The van der Waals surface area contributed by atoms with Gasteiger partial charge in [-0.15, -0.1) is 11.6 Å². The van der Waals surface area contributed by atoms with Crippen molar-refractivity contribution >= 4 is 11.6 Å². The fourth-order valence-corrected chi connectivity index (χ4v) is 0.357. The van der Waals surface area contributed by atoms with E-state index in [1.165, 1.54) is 7.05 Å². The number of rotatable bonds is 2. The standard InChI is InChI=1S/C3H7ClNO/c1-5(6)3-2-4/h2-3H2,1H3/q-1. The summed E-state index contributed by atoms with van der Waals surface area (Å²) in [4.78, 5) is 0. The van der Waals surface area contributed by atoms with Crippen LogP contribution in [0, 0.1) is 5.21 Å². The second kappa shape index (κ2) is 3.40. The van der Waals surface area contributed by atoms with Crippen LogP contribution in [-0.4, -0.2) is 24.5 Å². The van der Waals surface area contributed by atoms with E-state index in [-0.39, 0.29) is 0 Å². The van der Waals surface area contributed by atoms with Gasteiger partial charge in [0.25, 0.3) is 0 Å². The highest BCUT2D eigenvalue weighted by Gasteiger charge is 1.73. The number of hydroxylamine groups is 2. The number of nitrogens with zero attached hydrogens (tertiary/aromatic N) is 1. The Hall–Kier alpha value is 0.210. The smallest absolute Gasteiger partial charge is 0.0341 e. The minimum absolute atomic E-state index is 0.417. The van der Waals surface area contributed by atoms with Gasteiger partial charge in [0.1, 0.15) is 0 Å². The SMILES string of the molecule is CN([O-])CCCl. The first-order valence-electron chi connectivity index (χ1n) is 1.71. The lowest BCUT2D eigenvalue weighted by Gasteiger charge is -2.19. The lowest BCUT2D eigenvalue weighted by atomic mass is 10.8. The van der Waals surface area contributed by atoms with Gasteiger partial charge in [-0.2, -0.15) is 0 Å². The first-order valence-corrected chi connectivity index (χ1v) is 2.25. The zero-order valence-electron chi connectivity index (χ0n) is 3.65. The Morgan fingerprint density at radius 2 is 2.33 bits per heavy atom.